The molecule has 0 aliphatic heterocycles. The summed E-state index contributed by atoms with van der Waals surface area (Å²) in [5.74, 6) is 0. The van der Waals surface area contributed by atoms with E-state index in [1.807, 2.05) is 0 Å². The van der Waals surface area contributed by atoms with E-state index in [2.05, 4.69) is 0 Å². The molecule has 0 nitrogen and oxygen atoms in total. The van der Waals surface area contributed by atoms with E-state index in [9.17, 15) is 34.5 Å². The summed E-state index contributed by atoms with van der Waals surface area (Å²) in [7, 11) is -12.0. The Hall–Kier alpha value is 1.53. The van der Waals surface area contributed by atoms with E-state index in [1.165, 1.54) is 0 Å². The normalized spacial score (nSPS) is 9.23. The van der Waals surface area contributed by atoms with E-state index in [1.54, 1.807) is 0 Å². The minimum absolute atomic E-state index is 0. The molecule has 0 amide bonds. The topological polar surface area (TPSA) is 0 Å². The number of hydrogen-bond donors (Lipinski definition) is 0. The van der Waals surface area contributed by atoms with Crippen LogP contribution in [0.25, 0.3) is 0 Å². The van der Waals surface area contributed by atoms with E-state index >= 15 is 0 Å². The van der Waals surface area contributed by atoms with Crippen LogP contribution in [0, 0.1) is 0 Å². The molecule has 0 bridgehead atoms. The Morgan fingerprint density at radius 3 is 0.462 bits per heavy atom. The van der Waals surface area contributed by atoms with Gasteiger partial charge in [0, 0.05) is 0 Å². The van der Waals surface area contributed by atoms with Gasteiger partial charge in [-0.15, -0.1) is 34.0 Å². The van der Waals surface area contributed by atoms with E-state index in [4.69, 9.17) is 0 Å². The van der Waals surface area contributed by atoms with Crippen LogP contribution >= 0.6 is 34.0 Å². The quantitative estimate of drug-likeness (QED) is 0.461. The van der Waals surface area contributed by atoms with Gasteiger partial charge in [0.15, 0.2) is 0 Å². The first kappa shape index (κ1) is 29.3. The van der Waals surface area contributed by atoms with Gasteiger partial charge in [0.1, 0.15) is 0 Å². The Labute approximate surface area is 112 Å². The van der Waals surface area contributed by atoms with Crippen LogP contribution in [0.15, 0.2) is 0 Å². The fourth-order valence-corrected chi connectivity index (χ4v) is 0. The molecular weight excluding hydrogens is 356 g/mol. The van der Waals surface area contributed by atoms with Gasteiger partial charge in [-0.2, -0.15) is 0 Å². The monoisotopic (exact) mass is 358 g/mol. The molecular formula is H3B2Br2F8Na-2. The third-order valence-corrected chi connectivity index (χ3v) is 0. The molecule has 0 aliphatic carbocycles. The molecule has 0 aliphatic rings. The molecule has 0 aromatic rings. The molecule has 0 radical (unpaired) electrons. The molecule has 82 valence electrons. The van der Waals surface area contributed by atoms with Gasteiger partial charge < -0.3 is 34.5 Å². The number of halogens is 10. The molecule has 0 heterocycles. The van der Waals surface area contributed by atoms with Crippen molar-refractivity contribution in [3.05, 3.63) is 0 Å². The van der Waals surface area contributed by atoms with Crippen molar-refractivity contribution in [2.24, 2.45) is 0 Å². The Morgan fingerprint density at radius 1 is 0.462 bits per heavy atom. The molecule has 0 atom stereocenters. The minimum atomic E-state index is -6.00. The van der Waals surface area contributed by atoms with Crippen molar-refractivity contribution in [1.29, 1.82) is 0 Å². The van der Waals surface area contributed by atoms with Crippen molar-refractivity contribution in [2.75, 3.05) is 0 Å². The summed E-state index contributed by atoms with van der Waals surface area (Å²) in [6, 6.07) is 0. The fourth-order valence-electron chi connectivity index (χ4n) is 0. The zero-order chi connectivity index (χ0) is 9.00. The Morgan fingerprint density at radius 2 is 0.462 bits per heavy atom. The standard InChI is InChI=1S/2BF4.2BrH.Na.H/c2*2-1(3,4)5;;;;/h;;2*1H;;/q2*-1;;;;. The van der Waals surface area contributed by atoms with Crippen LogP contribution in [0.3, 0.4) is 0 Å². The summed E-state index contributed by atoms with van der Waals surface area (Å²) < 4.78 is 78.0. The Balaban J connectivity index is -0.0000000267. The zero-order valence-corrected chi connectivity index (χ0v) is 8.42. The summed E-state index contributed by atoms with van der Waals surface area (Å²) in [5, 5.41) is 0. The summed E-state index contributed by atoms with van der Waals surface area (Å²) in [5.41, 5.74) is 0. The Kier molecular flexibility index (Phi) is 26.1. The summed E-state index contributed by atoms with van der Waals surface area (Å²) in [6.07, 6.45) is 0. The zero-order valence-electron chi connectivity index (χ0n) is 4.99. The van der Waals surface area contributed by atoms with Crippen LogP contribution in [0.5, 0.6) is 0 Å². The van der Waals surface area contributed by atoms with E-state index in [-0.39, 0.29) is 63.5 Å². The molecule has 0 spiro atoms. The van der Waals surface area contributed by atoms with Gasteiger partial charge in [0.2, 0.25) is 0 Å². The first-order valence-corrected chi connectivity index (χ1v) is 1.75. The van der Waals surface area contributed by atoms with Crippen LogP contribution in [-0.4, -0.2) is 44.1 Å². The van der Waals surface area contributed by atoms with Crippen molar-refractivity contribution in [2.45, 2.75) is 0 Å². The molecule has 0 unspecified atom stereocenters. The second-order valence-electron chi connectivity index (χ2n) is 0.990. The van der Waals surface area contributed by atoms with Crippen LogP contribution in [0.2, 0.25) is 0 Å². The van der Waals surface area contributed by atoms with Gasteiger partial charge >= 0.3 is 44.1 Å². The van der Waals surface area contributed by atoms with Crippen LogP contribution < -0.4 is 0 Å². The third-order valence-electron chi connectivity index (χ3n) is 0. The van der Waals surface area contributed by atoms with Gasteiger partial charge in [-0.1, -0.05) is 0 Å². The van der Waals surface area contributed by atoms with Gasteiger partial charge in [0.05, 0.1) is 0 Å². The molecule has 13 heavy (non-hydrogen) atoms. The fraction of sp³-hybridized carbons (Fsp3) is 0. The van der Waals surface area contributed by atoms with Crippen LogP contribution in [0.4, 0.5) is 34.5 Å². The third kappa shape index (κ3) is 768. The summed E-state index contributed by atoms with van der Waals surface area (Å²) in [4.78, 5) is 0. The second-order valence-corrected chi connectivity index (χ2v) is 0.990. The molecule has 0 N–H and O–H groups in total. The summed E-state index contributed by atoms with van der Waals surface area (Å²) >= 11 is 0. The molecule has 0 saturated heterocycles. The van der Waals surface area contributed by atoms with E-state index in [0.29, 0.717) is 0 Å². The second kappa shape index (κ2) is 11.6. The predicted octanol–water partition coefficient (Wildman–Crippen LogP) is 3.11. The van der Waals surface area contributed by atoms with Gasteiger partial charge in [0.25, 0.3) is 0 Å². The van der Waals surface area contributed by atoms with E-state index in [0.717, 1.165) is 0 Å². The first-order chi connectivity index (χ1) is 4.00. The Bertz CT molecular complexity index is 63.1. The average molecular weight is 359 g/mol. The maximum absolute atomic E-state index is 9.75. The molecule has 0 aromatic heterocycles. The van der Waals surface area contributed by atoms with Crippen molar-refractivity contribution in [3.8, 4) is 0 Å². The van der Waals surface area contributed by atoms with Crippen molar-refractivity contribution in [3.63, 3.8) is 0 Å². The average Bonchev–Trinajstić information content (AvgIpc) is 1.12. The maximum atomic E-state index is 9.75. The van der Waals surface area contributed by atoms with Gasteiger partial charge in [-0.25, -0.2) is 0 Å². The molecule has 0 saturated carbocycles. The molecule has 0 rings (SSSR count). The van der Waals surface area contributed by atoms with Crippen LogP contribution in [-0.2, 0) is 0 Å². The van der Waals surface area contributed by atoms with E-state index < -0.39 is 14.5 Å². The predicted molar refractivity (Wildman–Crippen MR) is 48.2 cm³/mol. The SMILES string of the molecule is Br.Br.F[B-](F)(F)F.F[B-](F)(F)F.[NaH]. The summed E-state index contributed by atoms with van der Waals surface area (Å²) in [6.45, 7) is 0. The number of hydrogen-bond acceptors (Lipinski definition) is 0. The van der Waals surface area contributed by atoms with Gasteiger partial charge in [-0.05, 0) is 0 Å². The van der Waals surface area contributed by atoms with Crippen molar-refractivity contribution in [1.82, 2.24) is 0 Å². The van der Waals surface area contributed by atoms with Gasteiger partial charge in [-0.3, -0.25) is 0 Å². The molecule has 13 heteroatoms. The van der Waals surface area contributed by atoms with Crippen molar-refractivity contribution < 1.29 is 34.5 Å². The van der Waals surface area contributed by atoms with Crippen molar-refractivity contribution >= 4 is 78.0 Å². The first-order valence-electron chi connectivity index (χ1n) is 1.75. The van der Waals surface area contributed by atoms with Crippen LogP contribution in [0.1, 0.15) is 0 Å². The molecule has 0 aromatic carbocycles. The number of rotatable bonds is 0. The molecule has 0 fully saturated rings.